The second-order valence-electron chi connectivity index (χ2n) is 4.92. The molecule has 19 heavy (non-hydrogen) atoms. The molecule has 0 saturated heterocycles. The van der Waals surface area contributed by atoms with Crippen molar-refractivity contribution in [1.82, 2.24) is 0 Å². The van der Waals surface area contributed by atoms with Gasteiger partial charge in [-0.1, -0.05) is 40.0 Å². The van der Waals surface area contributed by atoms with Crippen molar-refractivity contribution in [2.75, 3.05) is 13.2 Å². The predicted molar refractivity (Wildman–Crippen MR) is 76.9 cm³/mol. The molecule has 0 aliphatic heterocycles. The Morgan fingerprint density at radius 1 is 0.895 bits per heavy atom. The fourth-order valence-corrected chi connectivity index (χ4v) is 1.18. The summed E-state index contributed by atoms with van der Waals surface area (Å²) in [6, 6.07) is 0. The van der Waals surface area contributed by atoms with E-state index in [9.17, 15) is 9.59 Å². The summed E-state index contributed by atoms with van der Waals surface area (Å²) in [6.07, 6.45) is 5.60. The highest BCUT2D eigenvalue weighted by molar-refractivity contribution is 5.66. The van der Waals surface area contributed by atoms with Gasteiger partial charge in [-0.05, 0) is 18.8 Å². The van der Waals surface area contributed by atoms with Crippen molar-refractivity contribution in [1.29, 1.82) is 0 Å². The molecular weight excluding hydrogens is 244 g/mol. The van der Waals surface area contributed by atoms with Crippen LogP contribution in [0.5, 0.6) is 0 Å². The Bertz CT molecular complexity index is 224. The molecule has 0 aliphatic rings. The van der Waals surface area contributed by atoms with Crippen molar-refractivity contribution in [3.05, 3.63) is 0 Å². The molecule has 0 amide bonds. The summed E-state index contributed by atoms with van der Waals surface area (Å²) in [6.45, 7) is 10.4. The first-order chi connectivity index (χ1) is 8.90. The molecule has 0 radical (unpaired) electrons. The molecule has 0 bridgehead atoms. The largest absolute Gasteiger partial charge is 0.466 e. The van der Waals surface area contributed by atoms with E-state index in [4.69, 9.17) is 9.47 Å². The van der Waals surface area contributed by atoms with Crippen LogP contribution in [0.15, 0.2) is 0 Å². The molecule has 4 nitrogen and oxygen atoms in total. The van der Waals surface area contributed by atoms with E-state index in [1.807, 2.05) is 0 Å². The van der Waals surface area contributed by atoms with Crippen LogP contribution in [0.1, 0.15) is 66.7 Å². The van der Waals surface area contributed by atoms with Crippen molar-refractivity contribution in [3.63, 3.8) is 0 Å². The van der Waals surface area contributed by atoms with E-state index in [1.165, 1.54) is 33.1 Å². The number of rotatable bonds is 8. The van der Waals surface area contributed by atoms with E-state index in [0.29, 0.717) is 19.1 Å². The average Bonchev–Trinajstić information content (AvgIpc) is 2.28. The van der Waals surface area contributed by atoms with Gasteiger partial charge in [-0.2, -0.15) is 0 Å². The second-order valence-corrected chi connectivity index (χ2v) is 4.92. The van der Waals surface area contributed by atoms with Crippen LogP contribution in [0.3, 0.4) is 0 Å². The van der Waals surface area contributed by atoms with Crippen LogP contribution in [0, 0.1) is 5.92 Å². The molecule has 0 spiro atoms. The van der Waals surface area contributed by atoms with E-state index >= 15 is 0 Å². The highest BCUT2D eigenvalue weighted by atomic mass is 16.5. The lowest BCUT2D eigenvalue weighted by molar-refractivity contribution is -0.142. The number of hydrogen-bond donors (Lipinski definition) is 0. The van der Waals surface area contributed by atoms with Gasteiger partial charge < -0.3 is 9.47 Å². The van der Waals surface area contributed by atoms with Gasteiger partial charge in [0.25, 0.3) is 0 Å². The molecule has 0 aliphatic carbocycles. The summed E-state index contributed by atoms with van der Waals surface area (Å²) < 4.78 is 9.46. The van der Waals surface area contributed by atoms with E-state index in [1.54, 1.807) is 0 Å². The van der Waals surface area contributed by atoms with E-state index < -0.39 is 0 Å². The van der Waals surface area contributed by atoms with Crippen LogP contribution in [-0.2, 0) is 19.1 Å². The zero-order valence-corrected chi connectivity index (χ0v) is 13.2. The molecule has 0 aromatic heterocycles. The standard InChI is InChI=1S/C8H16O2.C7H14O2/c1-3-4-5-6-7-10-8(2)9;1-6(2)4-5-9-7(3)8/h3-7H2,1-2H3;6H,4-5H2,1-3H3. The Labute approximate surface area is 117 Å². The molecule has 0 rings (SSSR count). The Morgan fingerprint density at radius 2 is 1.42 bits per heavy atom. The maximum Gasteiger partial charge on any atom is 0.302 e. The lowest BCUT2D eigenvalue weighted by atomic mass is 10.1. The van der Waals surface area contributed by atoms with E-state index in [2.05, 4.69) is 20.8 Å². The van der Waals surface area contributed by atoms with Crippen molar-refractivity contribution >= 4 is 11.9 Å². The van der Waals surface area contributed by atoms with Crippen molar-refractivity contribution in [2.24, 2.45) is 5.92 Å². The van der Waals surface area contributed by atoms with Gasteiger partial charge in [-0.15, -0.1) is 0 Å². The number of ether oxygens (including phenoxy) is 2. The summed E-state index contributed by atoms with van der Waals surface area (Å²) in [7, 11) is 0. The molecule has 0 unspecified atom stereocenters. The SMILES string of the molecule is CC(=O)OCCC(C)C.CCCCCCOC(C)=O. The van der Waals surface area contributed by atoms with E-state index in [-0.39, 0.29) is 11.9 Å². The van der Waals surface area contributed by atoms with Gasteiger partial charge in [0, 0.05) is 13.8 Å². The van der Waals surface area contributed by atoms with Crippen molar-refractivity contribution in [2.45, 2.75) is 66.7 Å². The molecule has 114 valence electrons. The minimum atomic E-state index is -0.185. The summed E-state index contributed by atoms with van der Waals surface area (Å²) in [5.41, 5.74) is 0. The Kier molecular flexibility index (Phi) is 16.0. The number of carbonyl (C=O) groups is 2. The predicted octanol–water partition coefficient (Wildman–Crippen LogP) is 3.73. The van der Waals surface area contributed by atoms with Crippen LogP contribution in [0.4, 0.5) is 0 Å². The third kappa shape index (κ3) is 26.5. The summed E-state index contributed by atoms with van der Waals surface area (Å²) in [5.74, 6) is 0.261. The molecule has 0 saturated carbocycles. The molecule has 0 fully saturated rings. The third-order valence-electron chi connectivity index (χ3n) is 2.30. The average molecular weight is 274 g/mol. The quantitative estimate of drug-likeness (QED) is 0.500. The highest BCUT2D eigenvalue weighted by Gasteiger charge is 1.95. The fourth-order valence-electron chi connectivity index (χ4n) is 1.18. The summed E-state index contributed by atoms with van der Waals surface area (Å²) in [4.78, 5) is 20.5. The first kappa shape index (κ1) is 20.3. The van der Waals surface area contributed by atoms with Gasteiger partial charge >= 0.3 is 11.9 Å². The number of unbranched alkanes of at least 4 members (excludes halogenated alkanes) is 3. The first-order valence-electron chi connectivity index (χ1n) is 7.16. The third-order valence-corrected chi connectivity index (χ3v) is 2.30. The molecule has 4 heteroatoms. The van der Waals surface area contributed by atoms with Gasteiger partial charge in [0.15, 0.2) is 0 Å². The van der Waals surface area contributed by atoms with Crippen LogP contribution in [0.25, 0.3) is 0 Å². The number of carbonyl (C=O) groups excluding carboxylic acids is 2. The van der Waals surface area contributed by atoms with Gasteiger partial charge in [0.1, 0.15) is 0 Å². The van der Waals surface area contributed by atoms with Gasteiger partial charge in [0.05, 0.1) is 13.2 Å². The summed E-state index contributed by atoms with van der Waals surface area (Å²) >= 11 is 0. The normalized spacial score (nSPS) is 9.58. The first-order valence-corrected chi connectivity index (χ1v) is 7.16. The van der Waals surface area contributed by atoms with E-state index in [0.717, 1.165) is 12.8 Å². The van der Waals surface area contributed by atoms with Gasteiger partial charge in [0.2, 0.25) is 0 Å². The van der Waals surface area contributed by atoms with Gasteiger partial charge in [-0.3, -0.25) is 9.59 Å². The molecule has 0 aromatic carbocycles. The monoisotopic (exact) mass is 274 g/mol. The van der Waals surface area contributed by atoms with Crippen LogP contribution < -0.4 is 0 Å². The molecule has 0 N–H and O–H groups in total. The summed E-state index contributed by atoms with van der Waals surface area (Å²) in [5, 5.41) is 0. The topological polar surface area (TPSA) is 52.6 Å². The van der Waals surface area contributed by atoms with Crippen molar-refractivity contribution < 1.29 is 19.1 Å². The second kappa shape index (κ2) is 15.0. The zero-order chi connectivity index (χ0) is 15.1. The lowest BCUT2D eigenvalue weighted by Gasteiger charge is -2.02. The van der Waals surface area contributed by atoms with Crippen LogP contribution in [-0.4, -0.2) is 25.2 Å². The maximum atomic E-state index is 10.3. The molecule has 0 atom stereocenters. The Balaban J connectivity index is 0. The lowest BCUT2D eigenvalue weighted by Crippen LogP contribution is -2.02. The Hall–Kier alpha value is -1.06. The van der Waals surface area contributed by atoms with Crippen molar-refractivity contribution in [3.8, 4) is 0 Å². The Morgan fingerprint density at radius 3 is 1.84 bits per heavy atom. The minimum absolute atomic E-state index is 0.170. The minimum Gasteiger partial charge on any atom is -0.466 e. The number of esters is 2. The maximum absolute atomic E-state index is 10.3. The van der Waals surface area contributed by atoms with Gasteiger partial charge in [-0.25, -0.2) is 0 Å². The smallest absolute Gasteiger partial charge is 0.302 e. The molecular formula is C15H30O4. The molecule has 0 heterocycles. The number of hydrogen-bond acceptors (Lipinski definition) is 4. The fraction of sp³-hybridized carbons (Fsp3) is 0.867. The molecule has 0 aromatic rings. The van der Waals surface area contributed by atoms with Crippen LogP contribution in [0.2, 0.25) is 0 Å². The highest BCUT2D eigenvalue weighted by Crippen LogP contribution is 1.99. The zero-order valence-electron chi connectivity index (χ0n) is 13.2. The van der Waals surface area contributed by atoms with Crippen LogP contribution >= 0.6 is 0 Å².